The van der Waals surface area contributed by atoms with E-state index in [4.69, 9.17) is 18.7 Å². The molecule has 0 saturated heterocycles. The third-order valence-electron chi connectivity index (χ3n) is 10.1. The summed E-state index contributed by atoms with van der Waals surface area (Å²) in [6.45, 7) is 7.44. The molecule has 0 aliphatic heterocycles. The monoisotopic (exact) mass is 935 g/mol. The van der Waals surface area contributed by atoms with Crippen LogP contribution in [-0.4, -0.2) is 19.6 Å². The zero-order valence-corrected chi connectivity index (χ0v) is 34.8. The van der Waals surface area contributed by atoms with Crippen LogP contribution in [0.1, 0.15) is 77.5 Å². The summed E-state index contributed by atoms with van der Waals surface area (Å²) in [7, 11) is 0. The number of para-hydroxylation sites is 2. The molecule has 288 valence electrons. The van der Waals surface area contributed by atoms with E-state index in [0.717, 1.165) is 16.7 Å². The average molecular weight is 936 g/mol. The Morgan fingerprint density at radius 1 is 0.632 bits per heavy atom. The van der Waals surface area contributed by atoms with Gasteiger partial charge in [0.05, 0.1) is 27.8 Å². The number of benzene rings is 6. The molecule has 6 aromatic carbocycles. The number of aromatic hydroxyl groups is 1. The number of phenolic OH excluding ortho intramolecular Hbond substituents is 1. The normalized spacial score (nSPS) is 14.8. The molecule has 0 fully saturated rings. The van der Waals surface area contributed by atoms with Gasteiger partial charge in [0, 0.05) is 46.7 Å². The van der Waals surface area contributed by atoms with Crippen LogP contribution in [0.4, 0.5) is 0 Å². The summed E-state index contributed by atoms with van der Waals surface area (Å²) in [5.41, 5.74) is 7.63. The summed E-state index contributed by atoms with van der Waals surface area (Å²) in [4.78, 5) is 9.98. The van der Waals surface area contributed by atoms with E-state index < -0.39 is 43.4 Å². The van der Waals surface area contributed by atoms with Crippen LogP contribution in [0.5, 0.6) is 5.75 Å². The number of aromatic nitrogens is 3. The Kier molecular flexibility index (Phi) is 7.77. The standard InChI is InChI=1S/C52H48N3O.Pt/c1-33-16-19-35(20-17-33)37-26-27-53-45(32-37)39-29-38(30-41(31-39)52(6,7)8)42-13-11-14-47-49(42)54-50(43-12-9-10-15-48(43)56)55(47)46-25-18-34(2)28-44(46)36-21-23-40(24-22-36)51(3,4)5;/h9-28,30-32,56H,1-8H3;/q-1;/i1D3,2D3,16D,17D,19D,20D;. The third kappa shape index (κ3) is 7.89. The van der Waals surface area contributed by atoms with Crippen molar-refractivity contribution in [2.24, 2.45) is 0 Å². The molecule has 0 bridgehead atoms. The Morgan fingerprint density at radius 2 is 1.33 bits per heavy atom. The van der Waals surface area contributed by atoms with Gasteiger partial charge in [-0.05, 0) is 83.2 Å². The fraction of sp³-hybridized carbons (Fsp3) is 0.192. The van der Waals surface area contributed by atoms with Crippen LogP contribution >= 0.6 is 0 Å². The number of hydrogen-bond acceptors (Lipinski definition) is 3. The Balaban J connectivity index is 0.00000666. The molecule has 0 radical (unpaired) electrons. The van der Waals surface area contributed by atoms with Crippen molar-refractivity contribution >= 4 is 11.0 Å². The van der Waals surface area contributed by atoms with Gasteiger partial charge in [-0.25, -0.2) is 4.98 Å². The molecule has 0 saturated carbocycles. The molecular formula is C52H48N3OPt-. The SMILES string of the molecule is [2H]c1c([2H])c(C([2H])([2H])[2H])c([2H])c([2H])c1-c1ccnc(-c2[c-]c(-c3cccc4c3nc(-c3ccccc3O)n4-c3ccc(C([2H])([2H])[2H])cc3-c3ccc(C(C)(C)C)cc3)cc(C(C)(C)C)c2)c1.[Pt]. The first-order valence-corrected chi connectivity index (χ1v) is 18.6. The fourth-order valence-electron chi connectivity index (χ4n) is 6.99. The quantitative estimate of drug-likeness (QED) is 0.169. The summed E-state index contributed by atoms with van der Waals surface area (Å²) < 4.78 is 85.1. The molecule has 0 amide bonds. The molecule has 0 aliphatic rings. The van der Waals surface area contributed by atoms with Crippen molar-refractivity contribution in [1.82, 2.24) is 14.5 Å². The summed E-state index contributed by atoms with van der Waals surface area (Å²) in [5, 5.41) is 11.4. The van der Waals surface area contributed by atoms with Gasteiger partial charge in [0.15, 0.2) is 0 Å². The van der Waals surface area contributed by atoms with E-state index in [9.17, 15) is 5.11 Å². The van der Waals surface area contributed by atoms with Crippen molar-refractivity contribution < 1.29 is 39.9 Å². The van der Waals surface area contributed by atoms with Crippen molar-refractivity contribution in [3.63, 3.8) is 0 Å². The van der Waals surface area contributed by atoms with E-state index in [-0.39, 0.29) is 48.8 Å². The van der Waals surface area contributed by atoms with Crippen LogP contribution < -0.4 is 0 Å². The summed E-state index contributed by atoms with van der Waals surface area (Å²) in [5.74, 6) is 0.436. The van der Waals surface area contributed by atoms with Crippen molar-refractivity contribution in [3.8, 4) is 67.5 Å². The van der Waals surface area contributed by atoms with Gasteiger partial charge in [0.2, 0.25) is 0 Å². The predicted molar refractivity (Wildman–Crippen MR) is 233 cm³/mol. The van der Waals surface area contributed by atoms with Crippen LogP contribution in [0.25, 0.3) is 72.7 Å². The number of hydrogen-bond donors (Lipinski definition) is 1. The minimum absolute atomic E-state index is 0. The molecular weight excluding hydrogens is 878 g/mol. The van der Waals surface area contributed by atoms with E-state index in [0.29, 0.717) is 61.6 Å². The maximum absolute atomic E-state index is 11.4. The predicted octanol–water partition coefficient (Wildman–Crippen LogP) is 13.5. The summed E-state index contributed by atoms with van der Waals surface area (Å²) in [6, 6.07) is 34.6. The van der Waals surface area contributed by atoms with E-state index in [1.807, 2.05) is 53.1 Å². The van der Waals surface area contributed by atoms with Crippen LogP contribution in [0.2, 0.25) is 0 Å². The Labute approximate surface area is 365 Å². The zero-order valence-electron chi connectivity index (χ0n) is 42.6. The van der Waals surface area contributed by atoms with E-state index in [1.165, 1.54) is 6.20 Å². The van der Waals surface area contributed by atoms with Gasteiger partial charge in [-0.2, -0.15) is 0 Å². The largest absolute Gasteiger partial charge is 0.507 e. The van der Waals surface area contributed by atoms with Gasteiger partial charge in [0.25, 0.3) is 0 Å². The number of fused-ring (bicyclic) bond motifs is 1. The number of nitrogens with zero attached hydrogens (tertiary/aromatic N) is 3. The van der Waals surface area contributed by atoms with Crippen molar-refractivity contribution in [2.75, 3.05) is 0 Å². The fourth-order valence-corrected chi connectivity index (χ4v) is 6.99. The molecule has 0 atom stereocenters. The maximum Gasteiger partial charge on any atom is 0.148 e. The van der Waals surface area contributed by atoms with E-state index in [1.54, 1.807) is 48.5 Å². The van der Waals surface area contributed by atoms with Crippen LogP contribution in [0.15, 0.2) is 140 Å². The molecule has 0 aliphatic carbocycles. The van der Waals surface area contributed by atoms with Crippen molar-refractivity contribution in [1.29, 1.82) is 0 Å². The molecule has 57 heavy (non-hydrogen) atoms. The van der Waals surface area contributed by atoms with Crippen LogP contribution in [0.3, 0.4) is 0 Å². The van der Waals surface area contributed by atoms with Gasteiger partial charge >= 0.3 is 0 Å². The number of phenols is 1. The molecule has 2 heterocycles. The van der Waals surface area contributed by atoms with Crippen molar-refractivity contribution in [3.05, 3.63) is 168 Å². The summed E-state index contributed by atoms with van der Waals surface area (Å²) in [6.07, 6.45) is 1.51. The van der Waals surface area contributed by atoms with Gasteiger partial charge in [0.1, 0.15) is 11.6 Å². The number of pyridine rings is 1. The second kappa shape index (κ2) is 15.4. The first-order chi connectivity index (χ1) is 30.8. The second-order valence-electron chi connectivity index (χ2n) is 16.1. The minimum atomic E-state index is -2.84. The number of imidazole rings is 1. The van der Waals surface area contributed by atoms with Gasteiger partial charge in [-0.1, -0.05) is 149 Å². The van der Waals surface area contributed by atoms with E-state index in [2.05, 4.69) is 64.7 Å². The van der Waals surface area contributed by atoms with Gasteiger partial charge in [-0.3, -0.25) is 9.55 Å². The minimum Gasteiger partial charge on any atom is -0.507 e. The van der Waals surface area contributed by atoms with E-state index >= 15 is 0 Å². The smallest absolute Gasteiger partial charge is 0.148 e. The molecule has 0 unspecified atom stereocenters. The molecule has 0 spiro atoms. The molecule has 2 aromatic heterocycles. The second-order valence-corrected chi connectivity index (χ2v) is 16.1. The molecule has 8 aromatic rings. The molecule has 1 N–H and O–H groups in total. The zero-order chi connectivity index (χ0) is 47.8. The summed E-state index contributed by atoms with van der Waals surface area (Å²) >= 11 is 0. The molecule has 4 nitrogen and oxygen atoms in total. The Hall–Kier alpha value is -5.57. The average Bonchev–Trinajstić information content (AvgIpc) is 3.64. The third-order valence-corrected chi connectivity index (χ3v) is 10.1. The molecule has 5 heteroatoms. The first-order valence-electron chi connectivity index (χ1n) is 23.6. The number of aryl methyl sites for hydroxylation is 1. The Bertz CT molecular complexity index is 3170. The van der Waals surface area contributed by atoms with Gasteiger partial charge < -0.3 is 5.11 Å². The first kappa shape index (κ1) is 28.8. The maximum atomic E-state index is 11.4. The van der Waals surface area contributed by atoms with Crippen molar-refractivity contribution in [2.45, 2.75) is 66.1 Å². The number of rotatable bonds is 6. The van der Waals surface area contributed by atoms with Crippen LogP contribution in [-0.2, 0) is 31.9 Å². The molecule has 8 rings (SSSR count). The Morgan fingerprint density at radius 3 is 2.04 bits per heavy atom. The topological polar surface area (TPSA) is 50.9 Å². The van der Waals surface area contributed by atoms with Crippen LogP contribution in [0, 0.1) is 19.8 Å². The van der Waals surface area contributed by atoms with Gasteiger partial charge in [-0.15, -0.1) is 29.3 Å².